The molecule has 1 saturated heterocycles. The molecule has 0 radical (unpaired) electrons. The lowest BCUT2D eigenvalue weighted by Gasteiger charge is -2.38. The third kappa shape index (κ3) is 2.78. The summed E-state index contributed by atoms with van der Waals surface area (Å²) < 4.78 is 0. The van der Waals surface area contributed by atoms with Gasteiger partial charge in [0.15, 0.2) is 0 Å². The summed E-state index contributed by atoms with van der Waals surface area (Å²) in [7, 11) is 0. The van der Waals surface area contributed by atoms with Gasteiger partial charge in [-0.3, -0.25) is 9.69 Å². The van der Waals surface area contributed by atoms with Crippen molar-refractivity contribution in [1.29, 1.82) is 0 Å². The van der Waals surface area contributed by atoms with E-state index in [0.717, 1.165) is 11.1 Å². The molecule has 0 spiro atoms. The van der Waals surface area contributed by atoms with E-state index in [0.29, 0.717) is 25.8 Å². The van der Waals surface area contributed by atoms with E-state index < -0.39 is 0 Å². The van der Waals surface area contributed by atoms with Crippen molar-refractivity contribution in [1.82, 2.24) is 10.2 Å². The number of amides is 3. The molecule has 0 bridgehead atoms. The Morgan fingerprint density at radius 3 is 2.62 bits per heavy atom. The predicted molar refractivity (Wildman–Crippen MR) is 77.5 cm³/mol. The molecule has 5 heteroatoms. The van der Waals surface area contributed by atoms with Crippen LogP contribution in [0.4, 0.5) is 4.79 Å². The molecular weight excluding hydrogens is 268 g/mol. The van der Waals surface area contributed by atoms with Crippen LogP contribution in [0.5, 0.6) is 0 Å². The number of aliphatic hydroxyl groups is 1. The summed E-state index contributed by atoms with van der Waals surface area (Å²) in [5.74, 6) is 0.109. The van der Waals surface area contributed by atoms with Gasteiger partial charge >= 0.3 is 6.03 Å². The third-order valence-corrected chi connectivity index (χ3v) is 4.44. The van der Waals surface area contributed by atoms with Crippen molar-refractivity contribution < 1.29 is 14.7 Å². The molecule has 1 aromatic carbocycles. The maximum absolute atomic E-state index is 12.3. The van der Waals surface area contributed by atoms with Gasteiger partial charge in [-0.15, -0.1) is 0 Å². The summed E-state index contributed by atoms with van der Waals surface area (Å²) in [6.07, 6.45) is 1.39. The highest BCUT2D eigenvalue weighted by molar-refractivity contribution is 5.97. The number of hydrogen-bond donors (Lipinski definition) is 2. The minimum absolute atomic E-state index is 0.131. The Kier molecular flexibility index (Phi) is 3.68. The standard InChI is InChI=1S/C16H20N2O3/c1-10-4-2-3-5-13(10)14-8-15(20)18(16(21)17-14)9-11-6-12(19)7-11/h2-5,11-12,14,19H,6-9H2,1H3,(H,17,21). The Labute approximate surface area is 123 Å². The highest BCUT2D eigenvalue weighted by atomic mass is 16.3. The van der Waals surface area contributed by atoms with Crippen molar-refractivity contribution in [2.45, 2.75) is 38.3 Å². The summed E-state index contributed by atoms with van der Waals surface area (Å²) in [5.41, 5.74) is 2.07. The molecule has 1 saturated carbocycles. The molecule has 2 N–H and O–H groups in total. The summed E-state index contributed by atoms with van der Waals surface area (Å²) >= 11 is 0. The molecule has 1 aliphatic carbocycles. The van der Waals surface area contributed by atoms with Crippen LogP contribution >= 0.6 is 0 Å². The van der Waals surface area contributed by atoms with E-state index in [1.807, 2.05) is 31.2 Å². The maximum Gasteiger partial charge on any atom is 0.324 e. The number of aryl methyl sites for hydroxylation is 1. The first-order chi connectivity index (χ1) is 10.0. The van der Waals surface area contributed by atoms with Crippen LogP contribution in [-0.4, -0.2) is 34.6 Å². The van der Waals surface area contributed by atoms with Crippen LogP contribution in [0.15, 0.2) is 24.3 Å². The molecule has 1 aromatic rings. The molecule has 112 valence electrons. The number of carbonyl (C=O) groups excluding carboxylic acids is 2. The number of nitrogens with one attached hydrogen (secondary N) is 1. The molecule has 1 unspecified atom stereocenters. The average Bonchev–Trinajstić information content (AvgIpc) is 2.40. The average molecular weight is 288 g/mol. The number of urea groups is 1. The van der Waals surface area contributed by atoms with Crippen LogP contribution < -0.4 is 5.32 Å². The fraction of sp³-hybridized carbons (Fsp3) is 0.500. The lowest BCUT2D eigenvalue weighted by Crippen LogP contribution is -2.54. The first-order valence-electron chi connectivity index (χ1n) is 7.39. The van der Waals surface area contributed by atoms with Crippen molar-refractivity contribution in [3.63, 3.8) is 0 Å². The van der Waals surface area contributed by atoms with E-state index in [-0.39, 0.29) is 30.0 Å². The number of imide groups is 1. The van der Waals surface area contributed by atoms with Crippen LogP contribution in [0, 0.1) is 12.8 Å². The smallest absolute Gasteiger partial charge is 0.324 e. The van der Waals surface area contributed by atoms with Gasteiger partial charge in [0, 0.05) is 6.54 Å². The zero-order chi connectivity index (χ0) is 15.0. The van der Waals surface area contributed by atoms with E-state index in [4.69, 9.17) is 0 Å². The van der Waals surface area contributed by atoms with Gasteiger partial charge in [-0.1, -0.05) is 24.3 Å². The molecule has 2 aliphatic rings. The Morgan fingerprint density at radius 1 is 1.29 bits per heavy atom. The number of carbonyl (C=O) groups is 2. The van der Waals surface area contributed by atoms with Crippen molar-refractivity contribution >= 4 is 11.9 Å². The van der Waals surface area contributed by atoms with Crippen LogP contribution in [0.1, 0.15) is 36.4 Å². The molecule has 3 rings (SSSR count). The molecular formula is C16H20N2O3. The maximum atomic E-state index is 12.3. The van der Waals surface area contributed by atoms with E-state index >= 15 is 0 Å². The summed E-state index contributed by atoms with van der Waals surface area (Å²) in [5, 5.41) is 12.2. The largest absolute Gasteiger partial charge is 0.393 e. The van der Waals surface area contributed by atoms with Gasteiger partial charge in [0.2, 0.25) is 5.91 Å². The first-order valence-corrected chi connectivity index (χ1v) is 7.39. The van der Waals surface area contributed by atoms with Gasteiger partial charge in [0.25, 0.3) is 0 Å². The Bertz CT molecular complexity index is 548. The topological polar surface area (TPSA) is 69.6 Å². The van der Waals surface area contributed by atoms with Crippen LogP contribution in [0.25, 0.3) is 0 Å². The van der Waals surface area contributed by atoms with E-state index in [1.165, 1.54) is 4.90 Å². The van der Waals surface area contributed by atoms with E-state index in [1.54, 1.807) is 0 Å². The van der Waals surface area contributed by atoms with Gasteiger partial charge in [-0.25, -0.2) is 4.79 Å². The van der Waals surface area contributed by atoms with Crippen LogP contribution in [0.3, 0.4) is 0 Å². The molecule has 0 aromatic heterocycles. The van der Waals surface area contributed by atoms with Crippen molar-refractivity contribution in [3.8, 4) is 0 Å². The van der Waals surface area contributed by atoms with Crippen molar-refractivity contribution in [2.24, 2.45) is 5.92 Å². The number of benzene rings is 1. The number of rotatable bonds is 3. The van der Waals surface area contributed by atoms with Crippen LogP contribution in [-0.2, 0) is 4.79 Å². The number of hydrogen-bond acceptors (Lipinski definition) is 3. The summed E-state index contributed by atoms with van der Waals surface area (Å²) in [6, 6.07) is 7.23. The molecule has 5 nitrogen and oxygen atoms in total. The fourth-order valence-electron chi connectivity index (χ4n) is 3.13. The van der Waals surface area contributed by atoms with E-state index in [9.17, 15) is 14.7 Å². The van der Waals surface area contributed by atoms with Gasteiger partial charge in [-0.2, -0.15) is 0 Å². The highest BCUT2D eigenvalue weighted by Gasteiger charge is 2.37. The molecule has 21 heavy (non-hydrogen) atoms. The fourth-order valence-corrected chi connectivity index (χ4v) is 3.13. The second-order valence-electron chi connectivity index (χ2n) is 6.06. The molecule has 1 heterocycles. The van der Waals surface area contributed by atoms with E-state index in [2.05, 4.69) is 5.32 Å². The van der Waals surface area contributed by atoms with Crippen molar-refractivity contribution in [3.05, 3.63) is 35.4 Å². The summed E-state index contributed by atoms with van der Waals surface area (Å²) in [6.45, 7) is 2.40. The minimum atomic E-state index is -0.319. The van der Waals surface area contributed by atoms with Gasteiger partial charge in [-0.05, 0) is 36.8 Å². The van der Waals surface area contributed by atoms with Gasteiger partial charge in [0.05, 0.1) is 18.6 Å². The van der Waals surface area contributed by atoms with Crippen LogP contribution in [0.2, 0.25) is 0 Å². The second-order valence-corrected chi connectivity index (χ2v) is 6.06. The van der Waals surface area contributed by atoms with Gasteiger partial charge < -0.3 is 10.4 Å². The number of aliphatic hydroxyl groups excluding tert-OH is 1. The van der Waals surface area contributed by atoms with Crippen molar-refractivity contribution in [2.75, 3.05) is 6.54 Å². The van der Waals surface area contributed by atoms with Gasteiger partial charge in [0.1, 0.15) is 0 Å². The highest BCUT2D eigenvalue weighted by Crippen LogP contribution is 2.30. The lowest BCUT2D eigenvalue weighted by atomic mass is 9.82. The molecule has 3 amide bonds. The minimum Gasteiger partial charge on any atom is -0.393 e. The quantitative estimate of drug-likeness (QED) is 0.890. The molecule has 1 atom stereocenters. The molecule has 1 aliphatic heterocycles. The first kappa shape index (κ1) is 14.1. The monoisotopic (exact) mass is 288 g/mol. The Balaban J connectivity index is 1.68. The Morgan fingerprint density at radius 2 is 2.00 bits per heavy atom. The zero-order valence-corrected chi connectivity index (χ0v) is 12.1. The Hall–Kier alpha value is -1.88. The third-order valence-electron chi connectivity index (χ3n) is 4.44. The second kappa shape index (κ2) is 5.48. The SMILES string of the molecule is Cc1ccccc1C1CC(=O)N(CC2CC(O)C2)C(=O)N1. The summed E-state index contributed by atoms with van der Waals surface area (Å²) in [4.78, 5) is 25.7. The lowest BCUT2D eigenvalue weighted by molar-refractivity contribution is -0.131. The zero-order valence-electron chi connectivity index (χ0n) is 12.1. The molecule has 2 fully saturated rings. The normalized spacial score (nSPS) is 29.0. The predicted octanol–water partition coefficient (Wildman–Crippen LogP) is 1.75. The number of nitrogens with zero attached hydrogens (tertiary/aromatic N) is 1.